The molecule has 1 fully saturated rings. The Balaban J connectivity index is 1.35. The number of thioether (sulfide) groups is 1. The van der Waals surface area contributed by atoms with Crippen LogP contribution in [0.1, 0.15) is 56.2 Å². The van der Waals surface area contributed by atoms with E-state index in [-0.39, 0.29) is 17.9 Å². The van der Waals surface area contributed by atoms with Gasteiger partial charge in [0.25, 0.3) is 5.91 Å². The van der Waals surface area contributed by atoms with Crippen molar-refractivity contribution in [2.24, 2.45) is 0 Å². The molecule has 0 unspecified atom stereocenters. The lowest BCUT2D eigenvalue weighted by Gasteiger charge is -2.36. The van der Waals surface area contributed by atoms with E-state index in [0.717, 1.165) is 5.56 Å². The van der Waals surface area contributed by atoms with Crippen molar-refractivity contribution in [1.82, 2.24) is 4.98 Å². The van der Waals surface area contributed by atoms with Crippen LogP contribution in [0.2, 0.25) is 0 Å². The van der Waals surface area contributed by atoms with Crippen molar-refractivity contribution in [3.05, 3.63) is 124 Å². The van der Waals surface area contributed by atoms with Crippen LogP contribution in [0, 0.1) is 29.1 Å². The van der Waals surface area contributed by atoms with Gasteiger partial charge in [-0.2, -0.15) is 0 Å². The number of carboxylic acids is 1. The van der Waals surface area contributed by atoms with E-state index in [1.807, 2.05) is 12.1 Å². The van der Waals surface area contributed by atoms with E-state index in [2.05, 4.69) is 10.3 Å². The minimum absolute atomic E-state index is 0.0110. The molecular weight excluding hydrogens is 623 g/mol. The van der Waals surface area contributed by atoms with Crippen LogP contribution in [-0.4, -0.2) is 38.9 Å². The minimum Gasteiger partial charge on any atom is -0.478 e. The Hall–Kier alpha value is -4.37. The van der Waals surface area contributed by atoms with Crippen LogP contribution in [0.5, 0.6) is 0 Å². The number of nitrogens with one attached hydrogen (secondary N) is 1. The molecule has 2 heterocycles. The number of halogens is 5. The second-order valence-electron chi connectivity index (χ2n) is 9.84. The van der Waals surface area contributed by atoms with E-state index in [1.165, 1.54) is 54.4 Å². The summed E-state index contributed by atoms with van der Waals surface area (Å²) in [7, 11) is 0. The molecule has 1 aromatic heterocycles. The van der Waals surface area contributed by atoms with Crippen molar-refractivity contribution >= 4 is 29.3 Å². The third kappa shape index (κ3) is 6.99. The molecule has 1 aliphatic rings. The topological polar surface area (TPSA) is 118 Å². The molecule has 1 aliphatic heterocycles. The number of carbonyl (C=O) groups is 2. The van der Waals surface area contributed by atoms with Crippen LogP contribution in [0.15, 0.2) is 71.9 Å². The summed E-state index contributed by atoms with van der Waals surface area (Å²) in [6.45, 7) is -0.139. The van der Waals surface area contributed by atoms with Crippen LogP contribution in [0.4, 0.5) is 27.6 Å². The first-order chi connectivity index (χ1) is 21.6. The van der Waals surface area contributed by atoms with Gasteiger partial charge in [0, 0.05) is 29.6 Å². The largest absolute Gasteiger partial charge is 0.478 e. The number of benzene rings is 3. The molecule has 0 aliphatic carbocycles. The van der Waals surface area contributed by atoms with E-state index in [9.17, 15) is 41.8 Å². The molecule has 1 amide bonds. The van der Waals surface area contributed by atoms with E-state index < -0.39 is 65.0 Å². The highest BCUT2D eigenvalue weighted by Gasteiger charge is 2.33. The quantitative estimate of drug-likeness (QED) is 0.0811. The van der Waals surface area contributed by atoms with Gasteiger partial charge < -0.3 is 25.0 Å². The molecule has 0 radical (unpaired) electrons. The lowest BCUT2D eigenvalue weighted by Crippen LogP contribution is -2.31. The Bertz CT molecular complexity index is 1700. The maximum Gasteiger partial charge on any atom is 0.338 e. The monoisotopic (exact) mass is 646 g/mol. The van der Waals surface area contributed by atoms with E-state index in [0.29, 0.717) is 28.3 Å². The van der Waals surface area contributed by atoms with Gasteiger partial charge >= 0.3 is 5.97 Å². The van der Waals surface area contributed by atoms with Crippen molar-refractivity contribution in [3.8, 4) is 0 Å². The standard InChI is InChI=1S/C31H23F5N2O6S/c32-23-22(24(33)26(35)27(36)25(23)34)28(40)38-18-9-7-17(8-10-18)31-43-19(14-45-29-20(30(41)42)2-1-11-37-29)12-21(44-31)16-5-3-15(13-39)4-6-16/h1-11,19,21,31,39H,12-14H2,(H,38,40)(H,41,42)/t19-,21+,31+/m0/s1. The van der Waals surface area contributed by atoms with Crippen LogP contribution >= 0.6 is 11.8 Å². The second kappa shape index (κ2) is 13.7. The molecule has 8 nitrogen and oxygen atoms in total. The lowest BCUT2D eigenvalue weighted by molar-refractivity contribution is -0.245. The summed E-state index contributed by atoms with van der Waals surface area (Å²) in [5, 5.41) is 21.3. The Morgan fingerprint density at radius 1 is 0.867 bits per heavy atom. The molecule has 3 atom stereocenters. The first-order valence-electron chi connectivity index (χ1n) is 13.3. The number of pyridine rings is 1. The van der Waals surface area contributed by atoms with Gasteiger partial charge in [0.15, 0.2) is 29.6 Å². The Labute approximate surface area is 256 Å². The number of carbonyl (C=O) groups excluding carboxylic acids is 1. The zero-order chi connectivity index (χ0) is 32.2. The van der Waals surface area contributed by atoms with Gasteiger partial charge in [-0.1, -0.05) is 36.4 Å². The molecule has 234 valence electrons. The van der Waals surface area contributed by atoms with Crippen LogP contribution in [0.25, 0.3) is 0 Å². The predicted molar refractivity (Wildman–Crippen MR) is 151 cm³/mol. The van der Waals surface area contributed by atoms with Gasteiger partial charge in [-0.3, -0.25) is 4.79 Å². The minimum atomic E-state index is -2.37. The molecule has 3 N–H and O–H groups in total. The predicted octanol–water partition coefficient (Wildman–Crippen LogP) is 6.56. The number of aromatic carboxylic acids is 1. The average molecular weight is 647 g/mol. The summed E-state index contributed by atoms with van der Waals surface area (Å²) in [6, 6.07) is 15.7. The molecule has 0 saturated carbocycles. The summed E-state index contributed by atoms with van der Waals surface area (Å²) in [5.74, 6) is -13.7. The first-order valence-corrected chi connectivity index (χ1v) is 14.3. The van der Waals surface area contributed by atoms with Gasteiger partial charge in [0.2, 0.25) is 5.82 Å². The number of rotatable bonds is 9. The molecule has 1 saturated heterocycles. The summed E-state index contributed by atoms with van der Waals surface area (Å²) >= 11 is 1.20. The summed E-state index contributed by atoms with van der Waals surface area (Å²) in [6.07, 6.45) is 0.00858. The normalized spacial score (nSPS) is 18.0. The molecule has 4 aromatic rings. The number of amides is 1. The smallest absolute Gasteiger partial charge is 0.338 e. The summed E-state index contributed by atoms with van der Waals surface area (Å²) < 4.78 is 81.1. The van der Waals surface area contributed by atoms with Crippen molar-refractivity contribution in [2.75, 3.05) is 11.1 Å². The fraction of sp³-hybridized carbons (Fsp3) is 0.194. The van der Waals surface area contributed by atoms with Gasteiger partial charge in [0.05, 0.1) is 24.4 Å². The van der Waals surface area contributed by atoms with Gasteiger partial charge in [0.1, 0.15) is 10.6 Å². The molecule has 0 bridgehead atoms. The fourth-order valence-corrected chi connectivity index (χ4v) is 5.59. The zero-order valence-electron chi connectivity index (χ0n) is 23.0. The number of hydrogen-bond donors (Lipinski definition) is 3. The Morgan fingerprint density at radius 2 is 1.49 bits per heavy atom. The van der Waals surface area contributed by atoms with E-state index >= 15 is 0 Å². The molecular formula is C31H23F5N2O6S. The average Bonchev–Trinajstić information content (AvgIpc) is 3.06. The highest BCUT2D eigenvalue weighted by atomic mass is 32.2. The summed E-state index contributed by atoms with van der Waals surface area (Å²) in [5.41, 5.74) is 0.387. The van der Waals surface area contributed by atoms with Crippen molar-refractivity contribution in [3.63, 3.8) is 0 Å². The third-order valence-electron chi connectivity index (χ3n) is 6.90. The molecule has 45 heavy (non-hydrogen) atoms. The van der Waals surface area contributed by atoms with Gasteiger partial charge in [-0.05, 0) is 35.4 Å². The molecule has 5 rings (SSSR count). The second-order valence-corrected chi connectivity index (χ2v) is 10.9. The van der Waals surface area contributed by atoms with Crippen molar-refractivity contribution in [2.45, 2.75) is 36.6 Å². The Kier molecular flexibility index (Phi) is 9.77. The number of nitrogens with zero attached hydrogens (tertiary/aromatic N) is 1. The molecule has 14 heteroatoms. The number of aliphatic hydroxyl groups is 1. The molecule has 0 spiro atoms. The zero-order valence-corrected chi connectivity index (χ0v) is 23.8. The van der Waals surface area contributed by atoms with E-state index in [1.54, 1.807) is 12.1 Å². The van der Waals surface area contributed by atoms with E-state index in [4.69, 9.17) is 9.47 Å². The van der Waals surface area contributed by atoms with Crippen LogP contribution in [0.3, 0.4) is 0 Å². The lowest BCUT2D eigenvalue weighted by atomic mass is 10.0. The number of aromatic nitrogens is 1. The maximum absolute atomic E-state index is 14.1. The third-order valence-corrected chi connectivity index (χ3v) is 8.04. The number of hydrogen-bond acceptors (Lipinski definition) is 7. The summed E-state index contributed by atoms with van der Waals surface area (Å²) in [4.78, 5) is 28.2. The Morgan fingerprint density at radius 3 is 2.11 bits per heavy atom. The number of anilines is 1. The first kappa shape index (κ1) is 32.0. The number of aliphatic hydroxyl groups excluding tert-OH is 1. The van der Waals surface area contributed by atoms with Gasteiger partial charge in [-0.25, -0.2) is 31.7 Å². The highest BCUT2D eigenvalue weighted by Crippen LogP contribution is 2.40. The van der Waals surface area contributed by atoms with Crippen molar-refractivity contribution in [1.29, 1.82) is 0 Å². The number of ether oxygens (including phenoxy) is 2. The fourth-order valence-electron chi connectivity index (χ4n) is 4.58. The SMILES string of the molecule is O=C(O)c1cccnc1SC[C@@H]1C[C@H](c2ccc(CO)cc2)O[C@H](c2ccc(NC(=O)c3c(F)c(F)c(F)c(F)c3F)cc2)O1. The van der Waals surface area contributed by atoms with Crippen LogP contribution < -0.4 is 5.32 Å². The number of carboxylic acid groups (broad SMARTS) is 1. The molecule has 3 aromatic carbocycles. The van der Waals surface area contributed by atoms with Crippen LogP contribution in [-0.2, 0) is 16.1 Å². The van der Waals surface area contributed by atoms with Gasteiger partial charge in [-0.15, -0.1) is 11.8 Å². The van der Waals surface area contributed by atoms with Crippen molar-refractivity contribution < 1.29 is 51.2 Å². The maximum atomic E-state index is 14.1. The highest BCUT2D eigenvalue weighted by molar-refractivity contribution is 7.99.